The fourth-order valence-corrected chi connectivity index (χ4v) is 3.13. The van der Waals surface area contributed by atoms with Crippen molar-refractivity contribution in [2.45, 2.75) is 26.4 Å². The van der Waals surface area contributed by atoms with Crippen LogP contribution in [0.1, 0.15) is 22.8 Å². The number of nitrogens with one attached hydrogen (secondary N) is 1. The summed E-state index contributed by atoms with van der Waals surface area (Å²) in [6.45, 7) is 4.68. The first-order valence-electron chi connectivity index (χ1n) is 8.01. The van der Waals surface area contributed by atoms with Crippen LogP contribution >= 0.6 is 11.6 Å². The van der Waals surface area contributed by atoms with E-state index in [-0.39, 0.29) is 0 Å². The van der Waals surface area contributed by atoms with E-state index in [4.69, 9.17) is 16.6 Å². The van der Waals surface area contributed by atoms with E-state index in [1.165, 1.54) is 5.56 Å². The van der Waals surface area contributed by atoms with Gasteiger partial charge in [0.1, 0.15) is 5.82 Å². The Kier molecular flexibility index (Phi) is 4.04. The highest BCUT2D eigenvalue weighted by Gasteiger charge is 2.19. The Morgan fingerprint density at radius 2 is 2.00 bits per heavy atom. The lowest BCUT2D eigenvalue weighted by Gasteiger charge is -2.27. The van der Waals surface area contributed by atoms with E-state index in [0.717, 1.165) is 59.7 Å². The van der Waals surface area contributed by atoms with Gasteiger partial charge in [-0.25, -0.2) is 15.0 Å². The Hall–Kier alpha value is -2.24. The highest BCUT2D eigenvalue weighted by atomic mass is 35.5. The molecule has 3 heterocycles. The van der Waals surface area contributed by atoms with Crippen LogP contribution in [0.4, 0.5) is 0 Å². The van der Waals surface area contributed by atoms with Crippen molar-refractivity contribution in [3.63, 3.8) is 0 Å². The number of aromatic nitrogens is 4. The van der Waals surface area contributed by atoms with E-state index < -0.39 is 0 Å². The molecule has 0 atom stereocenters. The molecule has 1 aliphatic heterocycles. The van der Waals surface area contributed by atoms with Crippen LogP contribution in [0.3, 0.4) is 0 Å². The minimum absolute atomic E-state index is 0.723. The number of imidazole rings is 1. The lowest BCUT2D eigenvalue weighted by molar-refractivity contribution is 0.237. The van der Waals surface area contributed by atoms with Crippen LogP contribution in [0, 0.1) is 6.92 Å². The summed E-state index contributed by atoms with van der Waals surface area (Å²) in [5.41, 5.74) is 4.43. The molecule has 0 fully saturated rings. The van der Waals surface area contributed by atoms with Crippen LogP contribution in [0.25, 0.3) is 11.4 Å². The van der Waals surface area contributed by atoms with Crippen molar-refractivity contribution in [3.8, 4) is 11.4 Å². The van der Waals surface area contributed by atoms with Crippen molar-refractivity contribution in [2.75, 3.05) is 6.54 Å². The number of hydrogen-bond donors (Lipinski definition) is 1. The second-order valence-corrected chi connectivity index (χ2v) is 6.58. The standard InChI is InChI=1S/C18H18ClN5/c1-12-8-20-17(22-12)11-24-7-6-16-14(10-24)9-21-18(23-16)13-2-4-15(19)5-3-13/h2-5,8-9H,6-7,10-11H2,1H3,(H,20,22). The molecule has 0 amide bonds. The van der Waals surface area contributed by atoms with Crippen LogP contribution in [0.5, 0.6) is 0 Å². The number of aromatic amines is 1. The fraction of sp³-hybridized carbons (Fsp3) is 0.278. The van der Waals surface area contributed by atoms with Crippen molar-refractivity contribution in [2.24, 2.45) is 0 Å². The maximum Gasteiger partial charge on any atom is 0.159 e. The van der Waals surface area contributed by atoms with Gasteiger partial charge in [0, 0.05) is 53.7 Å². The SMILES string of the molecule is Cc1cnc(CN2CCc3nc(-c4ccc(Cl)cc4)ncc3C2)[nH]1. The van der Waals surface area contributed by atoms with Gasteiger partial charge in [-0.15, -0.1) is 0 Å². The van der Waals surface area contributed by atoms with E-state index >= 15 is 0 Å². The molecule has 0 saturated carbocycles. The summed E-state index contributed by atoms with van der Waals surface area (Å²) in [5, 5.41) is 0.723. The molecular weight excluding hydrogens is 322 g/mol. The van der Waals surface area contributed by atoms with Crippen LogP contribution < -0.4 is 0 Å². The first-order chi connectivity index (χ1) is 11.7. The summed E-state index contributed by atoms with van der Waals surface area (Å²) in [6.07, 6.45) is 4.75. The van der Waals surface area contributed by atoms with Crippen LogP contribution in [-0.2, 0) is 19.5 Å². The minimum Gasteiger partial charge on any atom is -0.345 e. The van der Waals surface area contributed by atoms with Gasteiger partial charge < -0.3 is 4.98 Å². The predicted octanol–water partition coefficient (Wildman–Crippen LogP) is 3.39. The summed E-state index contributed by atoms with van der Waals surface area (Å²) in [6, 6.07) is 7.65. The third-order valence-electron chi connectivity index (χ3n) is 4.24. The van der Waals surface area contributed by atoms with Gasteiger partial charge in [-0.3, -0.25) is 4.90 Å². The Morgan fingerprint density at radius 3 is 2.75 bits per heavy atom. The molecule has 1 N–H and O–H groups in total. The second-order valence-electron chi connectivity index (χ2n) is 6.15. The zero-order valence-electron chi connectivity index (χ0n) is 13.5. The lowest BCUT2D eigenvalue weighted by atomic mass is 10.1. The number of rotatable bonds is 3. The zero-order valence-corrected chi connectivity index (χ0v) is 14.2. The van der Waals surface area contributed by atoms with E-state index in [0.29, 0.717) is 0 Å². The topological polar surface area (TPSA) is 57.7 Å². The van der Waals surface area contributed by atoms with E-state index in [2.05, 4.69) is 19.9 Å². The number of benzene rings is 1. The number of halogens is 1. The van der Waals surface area contributed by atoms with Crippen LogP contribution in [0.2, 0.25) is 5.02 Å². The van der Waals surface area contributed by atoms with Gasteiger partial charge in [-0.05, 0) is 31.2 Å². The third-order valence-corrected chi connectivity index (χ3v) is 4.50. The fourth-order valence-electron chi connectivity index (χ4n) is 3.01. The lowest BCUT2D eigenvalue weighted by Crippen LogP contribution is -2.31. The molecule has 5 nitrogen and oxygen atoms in total. The average Bonchev–Trinajstić information content (AvgIpc) is 3.00. The van der Waals surface area contributed by atoms with Crippen molar-refractivity contribution in [1.82, 2.24) is 24.8 Å². The van der Waals surface area contributed by atoms with Gasteiger partial charge in [0.25, 0.3) is 0 Å². The zero-order chi connectivity index (χ0) is 16.5. The number of nitrogens with zero attached hydrogens (tertiary/aromatic N) is 4. The molecular formula is C18H18ClN5. The van der Waals surface area contributed by atoms with E-state index in [9.17, 15) is 0 Å². The molecule has 4 rings (SSSR count). The van der Waals surface area contributed by atoms with Gasteiger partial charge in [-0.1, -0.05) is 11.6 Å². The molecule has 0 radical (unpaired) electrons. The minimum atomic E-state index is 0.723. The summed E-state index contributed by atoms with van der Waals surface area (Å²) >= 11 is 5.94. The van der Waals surface area contributed by atoms with E-state index in [1.807, 2.05) is 43.6 Å². The van der Waals surface area contributed by atoms with Crippen molar-refractivity contribution in [1.29, 1.82) is 0 Å². The number of H-pyrrole nitrogens is 1. The van der Waals surface area contributed by atoms with Crippen molar-refractivity contribution < 1.29 is 0 Å². The highest BCUT2D eigenvalue weighted by Crippen LogP contribution is 2.22. The quantitative estimate of drug-likeness (QED) is 0.794. The summed E-state index contributed by atoms with van der Waals surface area (Å²) < 4.78 is 0. The van der Waals surface area contributed by atoms with Gasteiger partial charge in [0.05, 0.1) is 12.2 Å². The average molecular weight is 340 g/mol. The monoisotopic (exact) mass is 339 g/mol. The molecule has 1 aliphatic rings. The molecule has 24 heavy (non-hydrogen) atoms. The van der Waals surface area contributed by atoms with E-state index in [1.54, 1.807) is 0 Å². The number of hydrogen-bond acceptors (Lipinski definition) is 4. The molecule has 0 spiro atoms. The Labute approximate surface area is 145 Å². The Bertz CT molecular complexity index is 856. The normalized spacial score (nSPS) is 14.6. The molecule has 0 aliphatic carbocycles. The summed E-state index contributed by atoms with van der Waals surface area (Å²) in [7, 11) is 0. The maximum absolute atomic E-state index is 5.94. The number of fused-ring (bicyclic) bond motifs is 1. The summed E-state index contributed by atoms with van der Waals surface area (Å²) in [4.78, 5) is 19.3. The van der Waals surface area contributed by atoms with Crippen molar-refractivity contribution >= 4 is 11.6 Å². The van der Waals surface area contributed by atoms with Gasteiger partial charge in [0.2, 0.25) is 0 Å². The number of aryl methyl sites for hydroxylation is 1. The van der Waals surface area contributed by atoms with Crippen molar-refractivity contribution in [3.05, 3.63) is 64.5 Å². The second kappa shape index (κ2) is 6.34. The van der Waals surface area contributed by atoms with Gasteiger partial charge in [0.15, 0.2) is 5.82 Å². The first kappa shape index (κ1) is 15.3. The molecule has 0 unspecified atom stereocenters. The first-order valence-corrected chi connectivity index (χ1v) is 8.39. The molecule has 1 aromatic carbocycles. The van der Waals surface area contributed by atoms with Gasteiger partial charge in [-0.2, -0.15) is 0 Å². The largest absolute Gasteiger partial charge is 0.345 e. The molecule has 0 bridgehead atoms. The third kappa shape index (κ3) is 3.18. The van der Waals surface area contributed by atoms with Crippen LogP contribution in [0.15, 0.2) is 36.7 Å². The molecule has 3 aromatic rings. The van der Waals surface area contributed by atoms with Gasteiger partial charge >= 0.3 is 0 Å². The molecule has 0 saturated heterocycles. The summed E-state index contributed by atoms with van der Waals surface area (Å²) in [5.74, 6) is 1.77. The Balaban J connectivity index is 1.52. The molecule has 2 aromatic heterocycles. The smallest absolute Gasteiger partial charge is 0.159 e. The predicted molar refractivity (Wildman–Crippen MR) is 93.6 cm³/mol. The maximum atomic E-state index is 5.94. The highest BCUT2D eigenvalue weighted by molar-refractivity contribution is 6.30. The molecule has 122 valence electrons. The van der Waals surface area contributed by atoms with Crippen LogP contribution in [-0.4, -0.2) is 31.4 Å². The Morgan fingerprint density at radius 1 is 1.17 bits per heavy atom. The molecule has 6 heteroatoms.